The number of fused-ring (bicyclic) bond motifs is 1. The van der Waals surface area contributed by atoms with E-state index in [0.29, 0.717) is 17.5 Å². The van der Waals surface area contributed by atoms with Crippen LogP contribution in [0, 0.1) is 0 Å². The molecule has 1 fully saturated rings. The van der Waals surface area contributed by atoms with Crippen LogP contribution < -0.4 is 15.5 Å². The SMILES string of the molecule is COc1cccc(-n2ncc3c(N/N=C/[C@@H]4CCCN4)ncnc32)c1. The van der Waals surface area contributed by atoms with Crippen LogP contribution in [-0.4, -0.2) is 45.7 Å². The quantitative estimate of drug-likeness (QED) is 0.546. The summed E-state index contributed by atoms with van der Waals surface area (Å²) in [6.45, 7) is 1.04. The molecular weight excluding hydrogens is 318 g/mol. The second kappa shape index (κ2) is 6.86. The van der Waals surface area contributed by atoms with Crippen molar-refractivity contribution < 1.29 is 4.74 Å². The van der Waals surface area contributed by atoms with Crippen LogP contribution in [-0.2, 0) is 0 Å². The van der Waals surface area contributed by atoms with Crippen LogP contribution in [0.15, 0.2) is 41.9 Å². The number of ether oxygens (including phenoxy) is 1. The van der Waals surface area contributed by atoms with E-state index < -0.39 is 0 Å². The third-order valence-corrected chi connectivity index (χ3v) is 4.19. The van der Waals surface area contributed by atoms with Crippen molar-refractivity contribution in [2.45, 2.75) is 18.9 Å². The number of hydrazone groups is 1. The van der Waals surface area contributed by atoms with Crippen molar-refractivity contribution in [1.82, 2.24) is 25.1 Å². The van der Waals surface area contributed by atoms with Crippen LogP contribution in [0.2, 0.25) is 0 Å². The third kappa shape index (κ3) is 3.16. The van der Waals surface area contributed by atoms with Gasteiger partial charge in [-0.3, -0.25) is 5.43 Å². The monoisotopic (exact) mass is 337 g/mol. The van der Waals surface area contributed by atoms with E-state index in [0.717, 1.165) is 29.8 Å². The van der Waals surface area contributed by atoms with Gasteiger partial charge in [-0.15, -0.1) is 0 Å². The molecule has 1 saturated heterocycles. The van der Waals surface area contributed by atoms with Crippen LogP contribution in [0.25, 0.3) is 16.7 Å². The molecule has 0 bridgehead atoms. The fourth-order valence-electron chi connectivity index (χ4n) is 2.89. The molecule has 8 nitrogen and oxygen atoms in total. The number of nitrogens with zero attached hydrogens (tertiary/aromatic N) is 5. The number of nitrogens with one attached hydrogen (secondary N) is 2. The molecule has 1 aromatic carbocycles. The lowest BCUT2D eigenvalue weighted by Gasteiger charge is -2.06. The molecule has 0 radical (unpaired) electrons. The lowest BCUT2D eigenvalue weighted by atomic mass is 10.2. The van der Waals surface area contributed by atoms with E-state index in [-0.39, 0.29) is 0 Å². The highest BCUT2D eigenvalue weighted by Gasteiger charge is 2.13. The topological polar surface area (TPSA) is 89.2 Å². The smallest absolute Gasteiger partial charge is 0.168 e. The van der Waals surface area contributed by atoms with Crippen LogP contribution in [0.4, 0.5) is 5.82 Å². The first kappa shape index (κ1) is 15.5. The summed E-state index contributed by atoms with van der Waals surface area (Å²) in [5, 5.41) is 12.9. The molecule has 1 atom stereocenters. The summed E-state index contributed by atoms with van der Waals surface area (Å²) in [7, 11) is 1.64. The first-order valence-electron chi connectivity index (χ1n) is 8.21. The van der Waals surface area contributed by atoms with Crippen molar-refractivity contribution in [3.05, 3.63) is 36.8 Å². The second-order valence-corrected chi connectivity index (χ2v) is 5.81. The van der Waals surface area contributed by atoms with Gasteiger partial charge in [0.1, 0.15) is 12.1 Å². The summed E-state index contributed by atoms with van der Waals surface area (Å²) in [6, 6.07) is 7.99. The van der Waals surface area contributed by atoms with E-state index in [1.807, 2.05) is 30.5 Å². The third-order valence-electron chi connectivity index (χ3n) is 4.19. The minimum absolute atomic E-state index is 0.323. The van der Waals surface area contributed by atoms with Crippen molar-refractivity contribution in [1.29, 1.82) is 0 Å². The van der Waals surface area contributed by atoms with E-state index in [1.165, 1.54) is 12.7 Å². The molecule has 1 aliphatic heterocycles. The highest BCUT2D eigenvalue weighted by Crippen LogP contribution is 2.23. The Hall–Kier alpha value is -3.00. The van der Waals surface area contributed by atoms with Crippen molar-refractivity contribution in [2.24, 2.45) is 5.10 Å². The van der Waals surface area contributed by atoms with Gasteiger partial charge in [-0.2, -0.15) is 10.2 Å². The fourth-order valence-corrected chi connectivity index (χ4v) is 2.89. The maximum absolute atomic E-state index is 5.28. The molecule has 1 aliphatic rings. The first-order chi connectivity index (χ1) is 12.3. The number of rotatable bonds is 5. The average Bonchev–Trinajstić information content (AvgIpc) is 3.32. The van der Waals surface area contributed by atoms with Gasteiger partial charge in [-0.05, 0) is 31.5 Å². The lowest BCUT2D eigenvalue weighted by Crippen LogP contribution is -2.22. The van der Waals surface area contributed by atoms with Gasteiger partial charge >= 0.3 is 0 Å². The first-order valence-corrected chi connectivity index (χ1v) is 8.21. The zero-order valence-corrected chi connectivity index (χ0v) is 13.9. The lowest BCUT2D eigenvalue weighted by molar-refractivity contribution is 0.414. The van der Waals surface area contributed by atoms with E-state index in [1.54, 1.807) is 18.0 Å². The molecule has 0 amide bonds. The van der Waals surface area contributed by atoms with Gasteiger partial charge in [0.05, 0.1) is 24.4 Å². The second-order valence-electron chi connectivity index (χ2n) is 5.81. The van der Waals surface area contributed by atoms with E-state index in [9.17, 15) is 0 Å². The van der Waals surface area contributed by atoms with Gasteiger partial charge in [0.25, 0.3) is 0 Å². The Morgan fingerprint density at radius 3 is 3.20 bits per heavy atom. The predicted octanol–water partition coefficient (Wildman–Crippen LogP) is 1.97. The molecule has 3 heterocycles. The number of aromatic nitrogens is 4. The molecule has 25 heavy (non-hydrogen) atoms. The maximum Gasteiger partial charge on any atom is 0.168 e. The molecule has 128 valence electrons. The molecule has 0 saturated carbocycles. The Morgan fingerprint density at radius 1 is 1.40 bits per heavy atom. The normalized spacial score (nSPS) is 17.4. The number of hydrogen-bond donors (Lipinski definition) is 2. The zero-order chi connectivity index (χ0) is 17.1. The number of benzene rings is 1. The molecule has 0 unspecified atom stereocenters. The van der Waals surface area contributed by atoms with Crippen molar-refractivity contribution >= 4 is 23.1 Å². The summed E-state index contributed by atoms with van der Waals surface area (Å²) in [6.07, 6.45) is 7.42. The van der Waals surface area contributed by atoms with Gasteiger partial charge in [0, 0.05) is 18.3 Å². The van der Waals surface area contributed by atoms with Crippen LogP contribution in [0.1, 0.15) is 12.8 Å². The molecule has 0 spiro atoms. The van der Waals surface area contributed by atoms with Crippen molar-refractivity contribution in [2.75, 3.05) is 19.1 Å². The summed E-state index contributed by atoms with van der Waals surface area (Å²) < 4.78 is 7.04. The number of methoxy groups -OCH3 is 1. The Bertz CT molecular complexity index is 899. The summed E-state index contributed by atoms with van der Waals surface area (Å²) in [4.78, 5) is 8.64. The highest BCUT2D eigenvalue weighted by molar-refractivity contribution is 5.87. The van der Waals surface area contributed by atoms with Crippen LogP contribution >= 0.6 is 0 Å². The predicted molar refractivity (Wildman–Crippen MR) is 96.4 cm³/mol. The Balaban J connectivity index is 1.63. The van der Waals surface area contributed by atoms with Crippen LogP contribution in [0.3, 0.4) is 0 Å². The van der Waals surface area contributed by atoms with Crippen molar-refractivity contribution in [3.63, 3.8) is 0 Å². The summed E-state index contributed by atoms with van der Waals surface area (Å²) in [5.74, 6) is 1.40. The van der Waals surface area contributed by atoms with Crippen molar-refractivity contribution in [3.8, 4) is 11.4 Å². The molecule has 4 rings (SSSR count). The standard InChI is InChI=1S/C17H19N7O/c1-25-14-6-2-5-13(8-14)24-17-15(10-22-24)16(19-11-20-17)23-21-9-12-4-3-7-18-12/h2,5-6,8-12,18H,3-4,7H2,1H3,(H,19,20,23)/b21-9+/t12-/m0/s1. The highest BCUT2D eigenvalue weighted by atomic mass is 16.5. The molecule has 2 aromatic heterocycles. The molecular formula is C17H19N7O. The van der Waals surface area contributed by atoms with Gasteiger partial charge in [0.15, 0.2) is 11.5 Å². The van der Waals surface area contributed by atoms with E-state index in [4.69, 9.17) is 4.74 Å². The molecule has 8 heteroatoms. The average molecular weight is 337 g/mol. The largest absolute Gasteiger partial charge is 0.497 e. The maximum atomic E-state index is 5.28. The Morgan fingerprint density at radius 2 is 2.36 bits per heavy atom. The minimum Gasteiger partial charge on any atom is -0.497 e. The molecule has 3 aromatic rings. The summed E-state index contributed by atoms with van der Waals surface area (Å²) >= 11 is 0. The van der Waals surface area contributed by atoms with Gasteiger partial charge in [-0.25, -0.2) is 14.6 Å². The number of anilines is 1. The minimum atomic E-state index is 0.323. The van der Waals surface area contributed by atoms with Crippen LogP contribution in [0.5, 0.6) is 5.75 Å². The van der Waals surface area contributed by atoms with Gasteiger partial charge in [-0.1, -0.05) is 6.07 Å². The zero-order valence-electron chi connectivity index (χ0n) is 13.9. The van der Waals surface area contributed by atoms with Gasteiger partial charge < -0.3 is 10.1 Å². The molecule has 2 N–H and O–H groups in total. The number of hydrogen-bond acceptors (Lipinski definition) is 7. The fraction of sp³-hybridized carbons (Fsp3) is 0.294. The van der Waals surface area contributed by atoms with E-state index >= 15 is 0 Å². The molecule has 0 aliphatic carbocycles. The Labute approximate surface area is 144 Å². The van der Waals surface area contributed by atoms with E-state index in [2.05, 4.69) is 30.9 Å². The van der Waals surface area contributed by atoms with Gasteiger partial charge in [0.2, 0.25) is 0 Å². The Kier molecular flexibility index (Phi) is 4.26. The summed E-state index contributed by atoms with van der Waals surface area (Å²) in [5.41, 5.74) is 4.58.